The van der Waals surface area contributed by atoms with Crippen molar-refractivity contribution in [1.82, 2.24) is 0 Å². The molecule has 0 spiro atoms. The van der Waals surface area contributed by atoms with Crippen LogP contribution in [0.15, 0.2) is 54.6 Å². The zero-order valence-corrected chi connectivity index (χ0v) is 53.2. The first kappa shape index (κ1) is 63.1. The van der Waals surface area contributed by atoms with E-state index in [0.29, 0.717) is 0 Å². The molecule has 1 radical (unpaired) electrons. The molecule has 0 N–H and O–H groups in total. The molecule has 0 atom stereocenters. The molecule has 0 saturated heterocycles. The van der Waals surface area contributed by atoms with Crippen LogP contribution in [-0.4, -0.2) is 48.4 Å². The van der Waals surface area contributed by atoms with Gasteiger partial charge in [0, 0.05) is 24.2 Å². The van der Waals surface area contributed by atoms with Gasteiger partial charge >= 0.3 is 17.4 Å². The van der Waals surface area contributed by atoms with Crippen LogP contribution in [0.2, 0.25) is 109 Å². The van der Waals surface area contributed by atoms with Crippen LogP contribution < -0.4 is 31.1 Å². The molecule has 3 aromatic carbocycles. The molecule has 7 heteroatoms. The second kappa shape index (κ2) is 29.2. The summed E-state index contributed by atoms with van der Waals surface area (Å²) in [6, 6.07) is 45.7. The number of hydrogen-bond acceptors (Lipinski definition) is 0. The molecule has 0 aliphatic rings. The maximum Gasteiger partial charge on any atom is 3.00 e. The largest absolute Gasteiger partial charge is 3.00 e. The van der Waals surface area contributed by atoms with E-state index in [1.165, 1.54) is 125 Å². The summed E-state index contributed by atoms with van der Waals surface area (Å²) in [5.41, 5.74) is 4.03. The van der Waals surface area contributed by atoms with Gasteiger partial charge in [0.1, 0.15) is 0 Å². The third-order valence-corrected chi connectivity index (χ3v) is 53.7. The summed E-state index contributed by atoms with van der Waals surface area (Å²) in [4.78, 5) is 0. The van der Waals surface area contributed by atoms with Gasteiger partial charge in [-0.25, -0.2) is 0 Å². The molecule has 0 bridgehead atoms. The van der Waals surface area contributed by atoms with E-state index in [1.54, 1.807) is 31.1 Å². The van der Waals surface area contributed by atoms with Crippen molar-refractivity contribution in [1.29, 1.82) is 0 Å². The van der Waals surface area contributed by atoms with E-state index in [2.05, 4.69) is 200 Å². The van der Waals surface area contributed by atoms with Crippen LogP contribution in [0.3, 0.4) is 0 Å². The summed E-state index contributed by atoms with van der Waals surface area (Å²) in [6.45, 7) is 57.0. The minimum absolute atomic E-state index is 0. The van der Waals surface area contributed by atoms with Gasteiger partial charge in [0.05, 0.1) is 24.2 Å². The zero-order chi connectivity index (χ0) is 48.3. The molecular formula is C57H105CrSi6. The Morgan fingerprint density at radius 3 is 0.516 bits per heavy atom. The number of rotatable bonds is 24. The van der Waals surface area contributed by atoms with Crippen molar-refractivity contribution in [3.8, 4) is 0 Å². The third-order valence-electron chi connectivity index (χ3n) is 18.9. The van der Waals surface area contributed by atoms with Gasteiger partial charge in [-0.3, -0.25) is 0 Å². The fourth-order valence-corrected chi connectivity index (χ4v) is 40.9. The van der Waals surface area contributed by atoms with E-state index < -0.39 is 48.4 Å². The molecule has 363 valence electrons. The second-order valence-electron chi connectivity index (χ2n) is 19.6. The molecule has 0 aliphatic heterocycles. The minimum atomic E-state index is -1.37. The Morgan fingerprint density at radius 1 is 0.250 bits per heavy atom. The van der Waals surface area contributed by atoms with Crippen LogP contribution in [0.4, 0.5) is 0 Å². The maximum atomic E-state index is 4.46. The molecule has 0 saturated carbocycles. The molecule has 0 aliphatic carbocycles. The van der Waals surface area contributed by atoms with Gasteiger partial charge in [-0.1, -0.05) is 252 Å². The Bertz CT molecular complexity index is 1490. The van der Waals surface area contributed by atoms with Crippen molar-refractivity contribution in [2.24, 2.45) is 0 Å². The monoisotopic (exact) mass is 1010 g/mol. The molecular weight excluding hydrogens is 905 g/mol. The molecule has 3 rings (SSSR count). The fourth-order valence-electron chi connectivity index (χ4n) is 12.8. The van der Waals surface area contributed by atoms with Gasteiger partial charge in [0.25, 0.3) is 0 Å². The third kappa shape index (κ3) is 12.8. The summed E-state index contributed by atoms with van der Waals surface area (Å²) >= 11 is 0. The first-order chi connectivity index (χ1) is 30.0. The smallest absolute Gasteiger partial charge is 0.199 e. The molecule has 0 unspecified atom stereocenters. The fraction of sp³-hybridized carbons (Fsp3) is 0.632. The Balaban J connectivity index is 0.000000923. The molecule has 0 amide bonds. The molecule has 0 fully saturated rings. The van der Waals surface area contributed by atoms with E-state index in [4.69, 9.17) is 0 Å². The van der Waals surface area contributed by atoms with Crippen molar-refractivity contribution >= 4 is 79.6 Å². The van der Waals surface area contributed by atoms with Crippen LogP contribution >= 0.6 is 0 Å². The molecule has 0 aromatic heterocycles. The van der Waals surface area contributed by atoms with Crippen LogP contribution in [-0.2, 0) is 17.4 Å². The number of benzene rings is 3. The van der Waals surface area contributed by atoms with Crippen LogP contribution in [0.25, 0.3) is 0 Å². The van der Waals surface area contributed by atoms with Crippen molar-refractivity contribution < 1.29 is 17.4 Å². The first-order valence-electron chi connectivity index (χ1n) is 26.9. The van der Waals surface area contributed by atoms with E-state index in [1.807, 2.05) is 0 Å². The van der Waals surface area contributed by atoms with Gasteiger partial charge in [-0.2, -0.15) is 71.2 Å². The van der Waals surface area contributed by atoms with Crippen molar-refractivity contribution in [2.45, 2.75) is 233 Å². The SMILES string of the molecule is [CH2-]c1cccc([Si](CC)(CC)CC)c1[Si](CC)(CC)CC.[CH2-]c1cccc([Si](CC)(CC)CC)c1[Si](CC)(CC)CC.[CH2-]c1cccc([Si](CC)(CC)CC)c1[Si](CC)(CC)CC.[Cr+3]. The Kier molecular flexibility index (Phi) is 28.8. The van der Waals surface area contributed by atoms with Gasteiger partial charge in [0.15, 0.2) is 0 Å². The summed E-state index contributed by atoms with van der Waals surface area (Å²) in [6.07, 6.45) is 0. The average molecular weight is 1010 g/mol. The summed E-state index contributed by atoms with van der Waals surface area (Å²) in [5.74, 6) is 0. The van der Waals surface area contributed by atoms with Crippen LogP contribution in [0.1, 0.15) is 141 Å². The number of hydrogen-bond donors (Lipinski definition) is 0. The second-order valence-corrected chi connectivity index (χ2v) is 50.8. The molecule has 64 heavy (non-hydrogen) atoms. The van der Waals surface area contributed by atoms with Gasteiger partial charge in [-0.15, -0.1) is 33.8 Å². The van der Waals surface area contributed by atoms with Gasteiger partial charge in [-0.05, 0) is 0 Å². The van der Waals surface area contributed by atoms with Crippen molar-refractivity contribution in [3.05, 3.63) is 92.1 Å². The predicted octanol–water partition coefficient (Wildman–Crippen LogP) is 15.9. The first-order valence-corrected chi connectivity index (χ1v) is 42.6. The van der Waals surface area contributed by atoms with E-state index in [9.17, 15) is 0 Å². The van der Waals surface area contributed by atoms with E-state index >= 15 is 0 Å². The quantitative estimate of drug-likeness (QED) is 0.0620. The summed E-state index contributed by atoms with van der Waals surface area (Å²) in [5, 5.41) is 10.6. The van der Waals surface area contributed by atoms with E-state index in [-0.39, 0.29) is 17.4 Å². The average Bonchev–Trinajstić information content (AvgIpc) is 3.33. The van der Waals surface area contributed by atoms with Gasteiger partial charge in [0.2, 0.25) is 0 Å². The minimum Gasteiger partial charge on any atom is -0.199 e. The van der Waals surface area contributed by atoms with Crippen molar-refractivity contribution in [2.75, 3.05) is 0 Å². The van der Waals surface area contributed by atoms with Crippen LogP contribution in [0, 0.1) is 20.8 Å². The molecule has 3 aromatic rings. The Labute approximate surface area is 419 Å². The normalized spacial score (nSPS) is 12.5. The molecule has 0 nitrogen and oxygen atoms in total. The Morgan fingerprint density at radius 2 is 0.391 bits per heavy atom. The zero-order valence-electron chi connectivity index (χ0n) is 46.0. The standard InChI is InChI=1S/3C19H35Si2.Cr/c3*1-8-20(9-2,10-3)18-16-14-15-17(7)19(18)21(11-4,12-5)13-6;/h3*14-16H,7-13H2,1-6H3;/q3*-1;+3. The molecule has 0 heterocycles. The van der Waals surface area contributed by atoms with Gasteiger partial charge < -0.3 is 0 Å². The topological polar surface area (TPSA) is 0 Å². The van der Waals surface area contributed by atoms with E-state index in [0.717, 1.165) is 0 Å². The predicted molar refractivity (Wildman–Crippen MR) is 314 cm³/mol. The van der Waals surface area contributed by atoms with Crippen LogP contribution in [0.5, 0.6) is 0 Å². The maximum absolute atomic E-state index is 4.46. The van der Waals surface area contributed by atoms with Crippen molar-refractivity contribution in [3.63, 3.8) is 0 Å². The summed E-state index contributed by atoms with van der Waals surface area (Å²) < 4.78 is 0. The summed E-state index contributed by atoms with van der Waals surface area (Å²) in [7, 11) is -8.11. The Hall–Kier alpha value is -0.896.